The van der Waals surface area contributed by atoms with Crippen molar-refractivity contribution in [2.24, 2.45) is 5.84 Å². The maximum Gasteiger partial charge on any atom is 0.128 e. The molecule has 0 aliphatic heterocycles. The highest BCUT2D eigenvalue weighted by Crippen LogP contribution is 2.31. The van der Waals surface area contributed by atoms with E-state index in [0.29, 0.717) is 11.3 Å². The molecule has 0 spiro atoms. The molecule has 0 heterocycles. The van der Waals surface area contributed by atoms with Crippen molar-refractivity contribution in [3.05, 3.63) is 62.8 Å². The van der Waals surface area contributed by atoms with Gasteiger partial charge in [-0.2, -0.15) is 0 Å². The van der Waals surface area contributed by atoms with Gasteiger partial charge in [-0.05, 0) is 46.3 Å². The van der Waals surface area contributed by atoms with E-state index in [1.54, 1.807) is 23.9 Å². The molecular formula is C14H13Br2FN2S. The Balaban J connectivity index is 2.13. The summed E-state index contributed by atoms with van der Waals surface area (Å²) in [5, 5.41) is 0. The SMILES string of the molecule is NNC(CSc1ccccc1Br)c1cc(Br)ccc1F. The zero-order valence-electron chi connectivity index (χ0n) is 10.4. The van der Waals surface area contributed by atoms with Gasteiger partial charge in [0.25, 0.3) is 0 Å². The highest BCUT2D eigenvalue weighted by atomic mass is 79.9. The third kappa shape index (κ3) is 4.05. The fraction of sp³-hybridized carbons (Fsp3) is 0.143. The molecule has 0 amide bonds. The lowest BCUT2D eigenvalue weighted by Crippen LogP contribution is -2.30. The van der Waals surface area contributed by atoms with E-state index in [1.165, 1.54) is 6.07 Å². The lowest BCUT2D eigenvalue weighted by Gasteiger charge is -2.17. The van der Waals surface area contributed by atoms with Gasteiger partial charge in [0.15, 0.2) is 0 Å². The topological polar surface area (TPSA) is 38.0 Å². The molecule has 0 aliphatic carbocycles. The zero-order valence-corrected chi connectivity index (χ0v) is 14.4. The van der Waals surface area contributed by atoms with Gasteiger partial charge in [-0.25, -0.2) is 4.39 Å². The van der Waals surface area contributed by atoms with Gasteiger partial charge in [0, 0.05) is 25.2 Å². The van der Waals surface area contributed by atoms with Crippen LogP contribution in [-0.4, -0.2) is 5.75 Å². The van der Waals surface area contributed by atoms with E-state index in [2.05, 4.69) is 37.3 Å². The van der Waals surface area contributed by atoms with E-state index in [0.717, 1.165) is 13.8 Å². The molecule has 0 saturated carbocycles. The van der Waals surface area contributed by atoms with E-state index in [1.807, 2.05) is 24.3 Å². The van der Waals surface area contributed by atoms with Crippen molar-refractivity contribution in [1.29, 1.82) is 0 Å². The van der Waals surface area contributed by atoms with Crippen molar-refractivity contribution in [2.45, 2.75) is 10.9 Å². The fourth-order valence-corrected chi connectivity index (χ4v) is 3.75. The van der Waals surface area contributed by atoms with E-state index >= 15 is 0 Å². The normalized spacial score (nSPS) is 12.4. The molecule has 0 aromatic heterocycles. The predicted octanol–water partition coefficient (Wildman–Crippen LogP) is 4.65. The van der Waals surface area contributed by atoms with Crippen LogP contribution in [0, 0.1) is 5.82 Å². The fourth-order valence-electron chi connectivity index (χ4n) is 1.74. The molecule has 6 heteroatoms. The van der Waals surface area contributed by atoms with Gasteiger partial charge in [-0.15, -0.1) is 11.8 Å². The third-order valence-corrected chi connectivity index (χ3v) is 5.39. The van der Waals surface area contributed by atoms with E-state index < -0.39 is 0 Å². The number of thioether (sulfide) groups is 1. The number of benzene rings is 2. The molecule has 0 radical (unpaired) electrons. The van der Waals surface area contributed by atoms with Crippen LogP contribution in [0.5, 0.6) is 0 Å². The predicted molar refractivity (Wildman–Crippen MR) is 89.0 cm³/mol. The molecular weight excluding hydrogens is 407 g/mol. The minimum Gasteiger partial charge on any atom is -0.271 e. The quantitative estimate of drug-likeness (QED) is 0.421. The van der Waals surface area contributed by atoms with E-state index in [-0.39, 0.29) is 11.9 Å². The molecule has 0 bridgehead atoms. The summed E-state index contributed by atoms with van der Waals surface area (Å²) in [6.07, 6.45) is 0. The number of halogens is 3. The summed E-state index contributed by atoms with van der Waals surface area (Å²) in [5.74, 6) is 5.94. The van der Waals surface area contributed by atoms with Crippen molar-refractivity contribution < 1.29 is 4.39 Å². The van der Waals surface area contributed by atoms with Gasteiger partial charge >= 0.3 is 0 Å². The molecule has 0 aliphatic rings. The summed E-state index contributed by atoms with van der Waals surface area (Å²) in [6, 6.07) is 12.5. The molecule has 2 aromatic carbocycles. The summed E-state index contributed by atoms with van der Waals surface area (Å²) < 4.78 is 15.7. The van der Waals surface area contributed by atoms with Crippen molar-refractivity contribution in [3.8, 4) is 0 Å². The molecule has 0 saturated heterocycles. The van der Waals surface area contributed by atoms with Crippen LogP contribution in [-0.2, 0) is 0 Å². The number of hydrogen-bond donors (Lipinski definition) is 2. The van der Waals surface area contributed by atoms with Crippen LogP contribution in [0.25, 0.3) is 0 Å². The lowest BCUT2D eigenvalue weighted by molar-refractivity contribution is 0.546. The largest absolute Gasteiger partial charge is 0.271 e. The van der Waals surface area contributed by atoms with Crippen LogP contribution in [0.15, 0.2) is 56.3 Å². The zero-order chi connectivity index (χ0) is 14.5. The van der Waals surface area contributed by atoms with Crippen LogP contribution in [0.4, 0.5) is 4.39 Å². The molecule has 106 valence electrons. The minimum absolute atomic E-state index is 0.260. The monoisotopic (exact) mass is 418 g/mol. The first-order chi connectivity index (χ1) is 9.61. The summed E-state index contributed by atoms with van der Waals surface area (Å²) in [7, 11) is 0. The number of hydrogen-bond acceptors (Lipinski definition) is 3. The summed E-state index contributed by atoms with van der Waals surface area (Å²) in [6.45, 7) is 0. The van der Waals surface area contributed by atoms with Crippen LogP contribution in [0.2, 0.25) is 0 Å². The van der Waals surface area contributed by atoms with Gasteiger partial charge in [-0.3, -0.25) is 11.3 Å². The number of rotatable bonds is 5. The Hall–Kier alpha value is -0.400. The third-order valence-electron chi connectivity index (χ3n) is 2.78. The first kappa shape index (κ1) is 16.0. The second-order valence-electron chi connectivity index (χ2n) is 4.13. The van der Waals surface area contributed by atoms with Crippen molar-refractivity contribution in [1.82, 2.24) is 5.43 Å². The standard InChI is InChI=1S/C14H13Br2FN2S/c15-9-5-6-12(17)10(7-9)13(19-18)8-20-14-4-2-1-3-11(14)16/h1-7,13,19H,8,18H2. The Bertz CT molecular complexity index is 595. The maximum absolute atomic E-state index is 13.9. The van der Waals surface area contributed by atoms with Gasteiger partial charge < -0.3 is 0 Å². The Kier molecular flexibility index (Phi) is 6.04. The van der Waals surface area contributed by atoms with Gasteiger partial charge in [0.1, 0.15) is 5.82 Å². The van der Waals surface area contributed by atoms with Gasteiger partial charge in [-0.1, -0.05) is 28.1 Å². The van der Waals surface area contributed by atoms with Crippen LogP contribution in [0.3, 0.4) is 0 Å². The summed E-state index contributed by atoms with van der Waals surface area (Å²) in [5.41, 5.74) is 3.24. The second kappa shape index (κ2) is 7.56. The molecule has 2 rings (SSSR count). The number of nitrogens with one attached hydrogen (secondary N) is 1. The average molecular weight is 420 g/mol. The minimum atomic E-state index is -0.260. The number of nitrogens with two attached hydrogens (primary N) is 1. The lowest BCUT2D eigenvalue weighted by atomic mass is 10.1. The summed E-state index contributed by atoms with van der Waals surface area (Å²) in [4.78, 5) is 1.10. The molecule has 1 unspecified atom stereocenters. The Morgan fingerprint density at radius 1 is 1.20 bits per heavy atom. The smallest absolute Gasteiger partial charge is 0.128 e. The first-order valence-corrected chi connectivity index (χ1v) is 8.47. The molecule has 2 nitrogen and oxygen atoms in total. The molecule has 2 aromatic rings. The Morgan fingerprint density at radius 2 is 1.95 bits per heavy atom. The first-order valence-electron chi connectivity index (χ1n) is 5.90. The Morgan fingerprint density at radius 3 is 2.65 bits per heavy atom. The average Bonchev–Trinajstić information content (AvgIpc) is 2.45. The Labute approximate surface area is 138 Å². The van der Waals surface area contributed by atoms with Crippen LogP contribution >= 0.6 is 43.6 Å². The highest BCUT2D eigenvalue weighted by Gasteiger charge is 2.15. The molecule has 20 heavy (non-hydrogen) atoms. The van der Waals surface area contributed by atoms with Gasteiger partial charge in [0.2, 0.25) is 0 Å². The highest BCUT2D eigenvalue weighted by molar-refractivity contribution is 9.10. The number of hydrazine groups is 1. The summed E-state index contributed by atoms with van der Waals surface area (Å²) >= 11 is 8.47. The molecule has 1 atom stereocenters. The second-order valence-corrected chi connectivity index (χ2v) is 6.96. The van der Waals surface area contributed by atoms with Crippen LogP contribution < -0.4 is 11.3 Å². The van der Waals surface area contributed by atoms with Crippen LogP contribution in [0.1, 0.15) is 11.6 Å². The van der Waals surface area contributed by atoms with E-state index in [4.69, 9.17) is 5.84 Å². The van der Waals surface area contributed by atoms with Crippen molar-refractivity contribution >= 4 is 43.6 Å². The molecule has 0 fully saturated rings. The van der Waals surface area contributed by atoms with Crippen molar-refractivity contribution in [3.63, 3.8) is 0 Å². The van der Waals surface area contributed by atoms with E-state index in [9.17, 15) is 4.39 Å². The van der Waals surface area contributed by atoms with Gasteiger partial charge in [0.05, 0.1) is 6.04 Å². The maximum atomic E-state index is 13.9. The molecule has 3 N–H and O–H groups in total. The van der Waals surface area contributed by atoms with Crippen molar-refractivity contribution in [2.75, 3.05) is 5.75 Å².